The molecule has 9 rings (SSSR count). The highest BCUT2D eigenvalue weighted by Crippen LogP contribution is 2.44. The summed E-state index contributed by atoms with van der Waals surface area (Å²) in [5.74, 6) is -1.48. The number of carbonyl (C=O) groups is 6. The van der Waals surface area contributed by atoms with Crippen LogP contribution in [0.3, 0.4) is 0 Å². The molecule has 1 atom stereocenters. The van der Waals surface area contributed by atoms with Gasteiger partial charge in [0, 0.05) is 99.6 Å². The number of likely N-dealkylation sites (tertiary alicyclic amines) is 1. The minimum Gasteiger partial charge on any atom is -0.383 e. The monoisotopic (exact) mass is 1070 g/mol. The summed E-state index contributed by atoms with van der Waals surface area (Å²) in [7, 11) is 3.37. The number of fused-ring (bicyclic) bond motifs is 3. The summed E-state index contributed by atoms with van der Waals surface area (Å²) < 4.78 is 61.3. The number of alkyl halides is 2. The first-order chi connectivity index (χ1) is 37.4. The quantitative estimate of drug-likeness (QED) is 0.0661. The molecule has 5 aliphatic heterocycles. The van der Waals surface area contributed by atoms with Crippen molar-refractivity contribution in [3.8, 4) is 11.1 Å². The van der Waals surface area contributed by atoms with E-state index >= 15 is 0 Å². The van der Waals surface area contributed by atoms with Gasteiger partial charge in [-0.1, -0.05) is 0 Å². The number of hydrogen-bond acceptors (Lipinski definition) is 15. The van der Waals surface area contributed by atoms with Crippen molar-refractivity contribution in [1.82, 2.24) is 44.9 Å². The lowest BCUT2D eigenvalue weighted by Gasteiger charge is -2.34. The molecule has 414 valence electrons. The molecule has 5 aliphatic rings. The van der Waals surface area contributed by atoms with Crippen LogP contribution in [0.1, 0.15) is 94.1 Å². The van der Waals surface area contributed by atoms with Crippen LogP contribution in [-0.2, 0) is 64.5 Å². The Morgan fingerprint density at radius 2 is 1.47 bits per heavy atom. The molecular weight excluding hydrogens is 1000 g/mol. The zero-order valence-corrected chi connectivity index (χ0v) is 43.6. The van der Waals surface area contributed by atoms with Crippen LogP contribution < -0.4 is 20.9 Å². The summed E-state index contributed by atoms with van der Waals surface area (Å²) in [5, 5.41) is 17.6. The first-order valence-corrected chi connectivity index (χ1v) is 26.4. The zero-order valence-electron chi connectivity index (χ0n) is 43.6. The fraction of sp³-hybridized carbons (Fsp3) is 0.547. The SMILES string of the molecule is CNC(=O)N1CCc2c(c(N3CCCc4cc(-c5cnn(C)c5)c(C(F)F)cc43)nn2C2CCN(C(=O)CCOCCOCCOCCOCCOCCNc3ccc4c(c3)C(=O)N(C3CCC(=O)NC3=O)C4=O)CC2)C1. The second-order valence-corrected chi connectivity index (χ2v) is 19.5. The van der Waals surface area contributed by atoms with E-state index in [1.807, 2.05) is 11.0 Å². The van der Waals surface area contributed by atoms with E-state index in [0.29, 0.717) is 146 Å². The highest BCUT2D eigenvalue weighted by atomic mass is 19.3. The van der Waals surface area contributed by atoms with E-state index in [9.17, 15) is 37.5 Å². The standard InChI is InChI=1S/C53H67F2N11O11/c1-56-53(72)63-17-11-43-42(33-63)49(64-14-3-4-34-28-39(35-31-58-61(2)32-35)40(48(54)55)30-45(34)64)60-66(43)37-9-15-62(16-10-37)47(68)12-18-73-20-22-75-24-26-77-27-25-76-23-21-74-19-13-57-36-5-6-38-41(29-36)52(71)65(51(38)70)44-7-8-46(67)59-50(44)69/h5-6,28-32,37,44,48,57H,3-4,7-27,33H2,1-2H3,(H,56,72)(H,59,67,69). The number of urea groups is 1. The van der Waals surface area contributed by atoms with Gasteiger partial charge in [0.1, 0.15) is 6.04 Å². The van der Waals surface area contributed by atoms with Crippen molar-refractivity contribution >= 4 is 52.8 Å². The number of benzene rings is 2. The summed E-state index contributed by atoms with van der Waals surface area (Å²) in [6.45, 7) is 6.65. The van der Waals surface area contributed by atoms with Crippen molar-refractivity contribution in [3.05, 3.63) is 76.2 Å². The topological polar surface area (TPSA) is 233 Å². The molecule has 2 saturated heterocycles. The van der Waals surface area contributed by atoms with E-state index in [1.165, 1.54) is 0 Å². The van der Waals surface area contributed by atoms with Crippen LogP contribution >= 0.6 is 0 Å². The number of halogens is 2. The summed E-state index contributed by atoms with van der Waals surface area (Å²) in [6, 6.07) is 7.11. The molecular formula is C53H67F2N11O11. The van der Waals surface area contributed by atoms with Crippen LogP contribution in [0.25, 0.3) is 11.1 Å². The third-order valence-electron chi connectivity index (χ3n) is 14.6. The van der Waals surface area contributed by atoms with E-state index in [2.05, 4.69) is 30.6 Å². The lowest BCUT2D eigenvalue weighted by molar-refractivity contribution is -0.136. The Balaban J connectivity index is 0.628. The maximum atomic E-state index is 14.7. The first-order valence-electron chi connectivity index (χ1n) is 26.4. The number of imide groups is 2. The number of anilines is 3. The van der Waals surface area contributed by atoms with Gasteiger partial charge in [0.15, 0.2) is 5.82 Å². The number of hydrogen-bond donors (Lipinski definition) is 3. The second kappa shape index (κ2) is 25.5. The van der Waals surface area contributed by atoms with Gasteiger partial charge in [0.2, 0.25) is 17.7 Å². The highest BCUT2D eigenvalue weighted by Gasteiger charge is 2.45. The number of rotatable bonds is 24. The molecule has 24 heteroatoms. The predicted molar refractivity (Wildman–Crippen MR) is 275 cm³/mol. The summed E-state index contributed by atoms with van der Waals surface area (Å²) in [6.07, 6.45) is 4.60. The molecule has 2 aromatic heterocycles. The van der Waals surface area contributed by atoms with Crippen molar-refractivity contribution in [3.63, 3.8) is 0 Å². The second-order valence-electron chi connectivity index (χ2n) is 19.5. The molecule has 2 aromatic carbocycles. The smallest absolute Gasteiger partial charge is 0.317 e. The minimum absolute atomic E-state index is 0.0214. The molecule has 0 bridgehead atoms. The molecule has 4 aromatic rings. The van der Waals surface area contributed by atoms with Gasteiger partial charge in [0.25, 0.3) is 18.2 Å². The van der Waals surface area contributed by atoms with Crippen molar-refractivity contribution < 1.29 is 61.2 Å². The van der Waals surface area contributed by atoms with E-state index in [-0.39, 0.29) is 60.5 Å². The molecule has 0 spiro atoms. The van der Waals surface area contributed by atoms with E-state index in [0.717, 1.165) is 34.6 Å². The van der Waals surface area contributed by atoms with Crippen LogP contribution in [0.4, 0.5) is 30.8 Å². The molecule has 0 saturated carbocycles. The Hall–Kier alpha value is -6.86. The molecule has 0 radical (unpaired) electrons. The Bertz CT molecular complexity index is 2800. The Labute approximate surface area is 444 Å². The number of aryl methyl sites for hydroxylation is 2. The van der Waals surface area contributed by atoms with Crippen molar-refractivity contribution in [2.45, 2.75) is 76.4 Å². The fourth-order valence-electron chi connectivity index (χ4n) is 10.6. The number of carbonyl (C=O) groups excluding carboxylic acids is 6. The molecule has 3 N–H and O–H groups in total. The summed E-state index contributed by atoms with van der Waals surface area (Å²) in [4.78, 5) is 82.5. The number of aromatic nitrogens is 4. The highest BCUT2D eigenvalue weighted by molar-refractivity contribution is 6.23. The molecule has 22 nitrogen and oxygen atoms in total. The van der Waals surface area contributed by atoms with Gasteiger partial charge in [-0.05, 0) is 73.6 Å². The number of piperidine rings is 2. The number of ether oxygens (including phenoxy) is 5. The van der Waals surface area contributed by atoms with Crippen LogP contribution in [0, 0.1) is 0 Å². The van der Waals surface area contributed by atoms with Gasteiger partial charge < -0.3 is 49.0 Å². The van der Waals surface area contributed by atoms with Crippen molar-refractivity contribution in [1.29, 1.82) is 0 Å². The maximum absolute atomic E-state index is 14.7. The lowest BCUT2D eigenvalue weighted by Crippen LogP contribution is -2.54. The normalized spacial score (nSPS) is 17.8. The fourth-order valence-corrected chi connectivity index (χ4v) is 10.6. The van der Waals surface area contributed by atoms with Gasteiger partial charge in [-0.3, -0.25) is 43.6 Å². The average Bonchev–Trinajstić information content (AvgIpc) is 4.12. The Kier molecular flexibility index (Phi) is 18.2. The minimum atomic E-state index is -2.70. The number of amides is 7. The van der Waals surface area contributed by atoms with E-state index in [4.69, 9.17) is 28.8 Å². The molecule has 2 fully saturated rings. The molecule has 1 unspecified atom stereocenters. The Morgan fingerprint density at radius 3 is 2.13 bits per heavy atom. The maximum Gasteiger partial charge on any atom is 0.317 e. The van der Waals surface area contributed by atoms with Crippen LogP contribution in [-0.4, -0.2) is 182 Å². The van der Waals surface area contributed by atoms with Crippen molar-refractivity contribution in [2.24, 2.45) is 7.05 Å². The van der Waals surface area contributed by atoms with E-state index < -0.39 is 36.1 Å². The van der Waals surface area contributed by atoms with Crippen LogP contribution in [0.2, 0.25) is 0 Å². The predicted octanol–water partition coefficient (Wildman–Crippen LogP) is 4.15. The average molecular weight is 1070 g/mol. The molecule has 7 heterocycles. The third-order valence-corrected chi connectivity index (χ3v) is 14.6. The molecule has 0 aliphatic carbocycles. The Morgan fingerprint density at radius 1 is 0.779 bits per heavy atom. The van der Waals surface area contributed by atoms with Gasteiger partial charge in [-0.25, -0.2) is 13.6 Å². The summed E-state index contributed by atoms with van der Waals surface area (Å²) in [5.41, 5.74) is 5.72. The van der Waals surface area contributed by atoms with Gasteiger partial charge in [-0.2, -0.15) is 10.2 Å². The van der Waals surface area contributed by atoms with E-state index in [1.54, 1.807) is 60.3 Å². The van der Waals surface area contributed by atoms with Crippen LogP contribution in [0.5, 0.6) is 0 Å². The zero-order chi connectivity index (χ0) is 54.0. The van der Waals surface area contributed by atoms with Gasteiger partial charge in [0.05, 0.1) is 102 Å². The largest absolute Gasteiger partial charge is 0.383 e. The van der Waals surface area contributed by atoms with Crippen molar-refractivity contribution in [2.75, 3.05) is 116 Å². The molecule has 7 amide bonds. The van der Waals surface area contributed by atoms with Crippen LogP contribution in [0.15, 0.2) is 42.7 Å². The lowest BCUT2D eigenvalue weighted by atomic mass is 9.92. The number of nitrogens with zero attached hydrogens (tertiary/aromatic N) is 8. The molecule has 77 heavy (non-hydrogen) atoms. The third kappa shape index (κ3) is 12.8. The van der Waals surface area contributed by atoms with Gasteiger partial charge in [-0.15, -0.1) is 0 Å². The number of nitrogens with one attached hydrogen (secondary N) is 3. The first kappa shape index (κ1) is 54.9. The summed E-state index contributed by atoms with van der Waals surface area (Å²) >= 11 is 0. The van der Waals surface area contributed by atoms with Gasteiger partial charge >= 0.3 is 6.03 Å².